The number of rotatable bonds is 6. The zero-order valence-corrected chi connectivity index (χ0v) is 14.5. The van der Waals surface area contributed by atoms with Gasteiger partial charge in [0.25, 0.3) is 0 Å². The number of nitrogens with two attached hydrogens (primary N) is 1. The topological polar surface area (TPSA) is 106 Å². The Labute approximate surface area is 151 Å². The highest BCUT2D eigenvalue weighted by atomic mass is 16.2. The molecule has 0 bridgehead atoms. The van der Waals surface area contributed by atoms with Gasteiger partial charge in [0.1, 0.15) is 0 Å². The highest BCUT2D eigenvalue weighted by Gasteiger charge is 2.49. The molecular formula is C20H22N2O4. The van der Waals surface area contributed by atoms with E-state index in [4.69, 9.17) is 5.73 Å². The fraction of sp³-hybridized carbons (Fsp3) is 0.400. The Hall–Kier alpha value is -2.60. The lowest BCUT2D eigenvalue weighted by molar-refractivity contribution is -0.127. The van der Waals surface area contributed by atoms with Crippen LogP contribution in [0.3, 0.4) is 0 Å². The molecule has 0 aliphatic heterocycles. The third kappa shape index (κ3) is 3.01. The van der Waals surface area contributed by atoms with Crippen molar-refractivity contribution in [3.63, 3.8) is 0 Å². The van der Waals surface area contributed by atoms with Gasteiger partial charge >= 0.3 is 0 Å². The molecule has 0 radical (unpaired) electrons. The van der Waals surface area contributed by atoms with Crippen LogP contribution in [0.15, 0.2) is 30.4 Å². The van der Waals surface area contributed by atoms with Crippen LogP contribution in [-0.4, -0.2) is 36.2 Å². The molecule has 1 aromatic rings. The van der Waals surface area contributed by atoms with E-state index < -0.39 is 17.6 Å². The summed E-state index contributed by atoms with van der Waals surface area (Å²) in [4.78, 5) is 49.9. The van der Waals surface area contributed by atoms with E-state index in [-0.39, 0.29) is 35.8 Å². The number of carbonyl (C=O) groups is 4. The van der Waals surface area contributed by atoms with Crippen molar-refractivity contribution in [2.45, 2.75) is 25.7 Å². The smallest absolute Gasteiger partial charge is 0.177 e. The number of Topliss-reactive ketones (excluding diaryl/α,β-unsaturated/α-hetero) is 4. The second-order valence-corrected chi connectivity index (χ2v) is 6.77. The van der Waals surface area contributed by atoms with Gasteiger partial charge in [-0.2, -0.15) is 0 Å². The molecule has 6 heteroatoms. The molecule has 1 aromatic carbocycles. The molecule has 1 saturated carbocycles. The van der Waals surface area contributed by atoms with Crippen molar-refractivity contribution in [1.29, 1.82) is 0 Å². The molecule has 0 amide bonds. The average molecular weight is 354 g/mol. The highest BCUT2D eigenvalue weighted by molar-refractivity contribution is 6.32. The second-order valence-electron chi connectivity index (χ2n) is 6.77. The van der Waals surface area contributed by atoms with Crippen LogP contribution >= 0.6 is 0 Å². The van der Waals surface area contributed by atoms with Crippen LogP contribution in [0.4, 0.5) is 5.69 Å². The minimum absolute atomic E-state index is 0.0991. The molecule has 0 spiro atoms. The quantitative estimate of drug-likeness (QED) is 0.350. The van der Waals surface area contributed by atoms with Crippen molar-refractivity contribution in [1.82, 2.24) is 0 Å². The summed E-state index contributed by atoms with van der Waals surface area (Å²) in [5.41, 5.74) is 6.69. The van der Waals surface area contributed by atoms with Gasteiger partial charge in [0.2, 0.25) is 0 Å². The van der Waals surface area contributed by atoms with Gasteiger partial charge in [-0.25, -0.2) is 0 Å². The first kappa shape index (κ1) is 18.2. The number of anilines is 1. The summed E-state index contributed by atoms with van der Waals surface area (Å²) in [7, 11) is 0. The Kier molecular flexibility index (Phi) is 5.13. The lowest BCUT2D eigenvalue weighted by atomic mass is 9.74. The second kappa shape index (κ2) is 7.33. The number of hydrogen-bond acceptors (Lipinski definition) is 6. The molecule has 0 aromatic heterocycles. The summed E-state index contributed by atoms with van der Waals surface area (Å²) in [6, 6.07) is 5.11. The fourth-order valence-electron chi connectivity index (χ4n) is 3.72. The molecule has 0 heterocycles. The molecule has 0 saturated heterocycles. The van der Waals surface area contributed by atoms with Crippen molar-refractivity contribution >= 4 is 28.8 Å². The Balaban J connectivity index is 1.87. The van der Waals surface area contributed by atoms with Crippen molar-refractivity contribution < 1.29 is 19.2 Å². The number of unbranched alkanes of at least 4 members (excludes halogenated alkanes) is 1. The SMILES string of the molecule is C=C1C(=O)CCC(C2C(=O)c3cccc(NCCCCN)c3C2=O)C1=O. The van der Waals surface area contributed by atoms with Gasteiger partial charge in [0, 0.05) is 30.1 Å². The maximum absolute atomic E-state index is 13.0. The summed E-state index contributed by atoms with van der Waals surface area (Å²) < 4.78 is 0. The monoisotopic (exact) mass is 354 g/mol. The van der Waals surface area contributed by atoms with Crippen molar-refractivity contribution in [3.8, 4) is 0 Å². The Morgan fingerprint density at radius 3 is 2.58 bits per heavy atom. The highest BCUT2D eigenvalue weighted by Crippen LogP contribution is 2.40. The molecule has 26 heavy (non-hydrogen) atoms. The Morgan fingerprint density at radius 1 is 1.08 bits per heavy atom. The van der Waals surface area contributed by atoms with Crippen LogP contribution in [0, 0.1) is 11.8 Å². The molecule has 3 rings (SSSR count). The number of fused-ring (bicyclic) bond motifs is 1. The maximum Gasteiger partial charge on any atom is 0.177 e. The van der Waals surface area contributed by atoms with Crippen LogP contribution in [0.2, 0.25) is 0 Å². The Morgan fingerprint density at radius 2 is 1.85 bits per heavy atom. The fourth-order valence-corrected chi connectivity index (χ4v) is 3.72. The molecule has 1 fully saturated rings. The number of carbonyl (C=O) groups excluding carboxylic acids is 4. The molecular weight excluding hydrogens is 332 g/mol. The minimum atomic E-state index is -1.05. The standard InChI is InChI=1S/C20H22N2O4/c1-11-15(23)8-7-13(18(11)24)17-19(25)12-5-4-6-14(16(12)20(17)26)22-10-3-2-9-21/h4-6,13,17,22H,1-3,7-10,21H2. The first-order valence-electron chi connectivity index (χ1n) is 8.89. The van der Waals surface area contributed by atoms with E-state index in [2.05, 4.69) is 11.9 Å². The predicted octanol–water partition coefficient (Wildman–Crippen LogP) is 1.94. The number of ketones is 4. The molecule has 136 valence electrons. The van der Waals surface area contributed by atoms with Crippen molar-refractivity contribution in [2.24, 2.45) is 17.6 Å². The van der Waals surface area contributed by atoms with Gasteiger partial charge < -0.3 is 11.1 Å². The molecule has 2 aliphatic rings. The number of hydrogen-bond donors (Lipinski definition) is 2. The number of allylic oxidation sites excluding steroid dienone is 1. The van der Waals surface area contributed by atoms with Crippen LogP contribution in [0.1, 0.15) is 46.4 Å². The molecule has 2 atom stereocenters. The summed E-state index contributed by atoms with van der Waals surface area (Å²) in [5, 5.41) is 3.20. The van der Waals surface area contributed by atoms with E-state index >= 15 is 0 Å². The average Bonchev–Trinajstić information content (AvgIpc) is 2.89. The van der Waals surface area contributed by atoms with E-state index in [0.29, 0.717) is 29.9 Å². The summed E-state index contributed by atoms with van der Waals surface area (Å²) in [5.74, 6) is -3.29. The van der Waals surface area contributed by atoms with Crippen LogP contribution < -0.4 is 11.1 Å². The largest absolute Gasteiger partial charge is 0.384 e. The molecule has 3 N–H and O–H groups in total. The van der Waals surface area contributed by atoms with Gasteiger partial charge in [0.05, 0.1) is 17.1 Å². The summed E-state index contributed by atoms with van der Waals surface area (Å²) in [6.45, 7) is 4.77. The zero-order valence-electron chi connectivity index (χ0n) is 14.5. The first-order valence-corrected chi connectivity index (χ1v) is 8.89. The molecule has 6 nitrogen and oxygen atoms in total. The lowest BCUT2D eigenvalue weighted by Crippen LogP contribution is -2.37. The van der Waals surface area contributed by atoms with Crippen LogP contribution in [0.25, 0.3) is 0 Å². The van der Waals surface area contributed by atoms with Crippen molar-refractivity contribution in [3.05, 3.63) is 41.5 Å². The summed E-state index contributed by atoms with van der Waals surface area (Å²) >= 11 is 0. The summed E-state index contributed by atoms with van der Waals surface area (Å²) in [6.07, 6.45) is 2.08. The van der Waals surface area contributed by atoms with E-state index in [1.165, 1.54) is 0 Å². The van der Waals surface area contributed by atoms with E-state index in [1.54, 1.807) is 18.2 Å². The third-order valence-corrected chi connectivity index (χ3v) is 5.14. The predicted molar refractivity (Wildman–Crippen MR) is 97.2 cm³/mol. The molecule has 2 unspecified atom stereocenters. The van der Waals surface area contributed by atoms with E-state index in [0.717, 1.165) is 12.8 Å². The van der Waals surface area contributed by atoms with Gasteiger partial charge in [-0.1, -0.05) is 18.7 Å². The van der Waals surface area contributed by atoms with Crippen LogP contribution in [0.5, 0.6) is 0 Å². The molecule has 2 aliphatic carbocycles. The lowest BCUT2D eigenvalue weighted by Gasteiger charge is -2.24. The van der Waals surface area contributed by atoms with Gasteiger partial charge in [-0.05, 0) is 31.9 Å². The normalized spacial score (nSPS) is 22.7. The number of benzene rings is 1. The van der Waals surface area contributed by atoms with Crippen LogP contribution in [-0.2, 0) is 9.59 Å². The Bertz CT molecular complexity index is 812. The third-order valence-electron chi connectivity index (χ3n) is 5.14. The van der Waals surface area contributed by atoms with Gasteiger partial charge in [0.15, 0.2) is 23.1 Å². The van der Waals surface area contributed by atoms with Gasteiger partial charge in [-0.3, -0.25) is 19.2 Å². The zero-order chi connectivity index (χ0) is 18.8. The first-order chi connectivity index (χ1) is 12.5. The maximum atomic E-state index is 13.0. The van der Waals surface area contributed by atoms with E-state index in [9.17, 15) is 19.2 Å². The number of nitrogens with one attached hydrogen (secondary N) is 1. The minimum Gasteiger partial charge on any atom is -0.384 e. The van der Waals surface area contributed by atoms with E-state index in [1.807, 2.05) is 0 Å². The van der Waals surface area contributed by atoms with Gasteiger partial charge in [-0.15, -0.1) is 0 Å². The van der Waals surface area contributed by atoms with Crippen molar-refractivity contribution in [2.75, 3.05) is 18.4 Å².